The monoisotopic (exact) mass is 345 g/mol. The lowest BCUT2D eigenvalue weighted by molar-refractivity contribution is -0.130. The van der Waals surface area contributed by atoms with Crippen molar-refractivity contribution in [2.24, 2.45) is 0 Å². The van der Waals surface area contributed by atoms with Gasteiger partial charge in [-0.25, -0.2) is 9.78 Å². The van der Waals surface area contributed by atoms with Crippen molar-refractivity contribution in [3.8, 4) is 10.6 Å². The highest BCUT2D eigenvalue weighted by Gasteiger charge is 2.18. The maximum Gasteiger partial charge on any atom is 0.355 e. The fraction of sp³-hybridized carbons (Fsp3) is 0.353. The minimum atomic E-state index is -1.00. The van der Waals surface area contributed by atoms with Crippen LogP contribution in [0.5, 0.6) is 0 Å². The van der Waals surface area contributed by atoms with Crippen LogP contribution in [0.4, 0.5) is 0 Å². The van der Waals surface area contributed by atoms with E-state index in [2.05, 4.69) is 22.0 Å². The Labute approximate surface area is 144 Å². The predicted molar refractivity (Wildman–Crippen MR) is 92.0 cm³/mol. The third-order valence-corrected chi connectivity index (χ3v) is 5.01. The van der Waals surface area contributed by atoms with E-state index in [4.69, 9.17) is 5.11 Å². The zero-order chi connectivity index (χ0) is 17.1. The van der Waals surface area contributed by atoms with E-state index >= 15 is 0 Å². The molecule has 0 spiro atoms. The van der Waals surface area contributed by atoms with E-state index < -0.39 is 5.97 Å². The van der Waals surface area contributed by atoms with Gasteiger partial charge >= 0.3 is 5.97 Å². The van der Waals surface area contributed by atoms with Gasteiger partial charge in [0.1, 0.15) is 5.01 Å². The van der Waals surface area contributed by atoms with Crippen LogP contribution in [0, 0.1) is 0 Å². The molecule has 0 atom stereocenters. The fourth-order valence-corrected chi connectivity index (χ4v) is 3.58. The second kappa shape index (κ2) is 7.11. The molecule has 0 unspecified atom stereocenters. The summed E-state index contributed by atoms with van der Waals surface area (Å²) < 4.78 is 0. The van der Waals surface area contributed by atoms with Crippen LogP contribution in [0.3, 0.4) is 0 Å². The van der Waals surface area contributed by atoms with E-state index in [9.17, 15) is 9.59 Å². The van der Waals surface area contributed by atoms with Gasteiger partial charge in [0.05, 0.1) is 0 Å². The van der Waals surface area contributed by atoms with Crippen LogP contribution in [0.25, 0.3) is 10.6 Å². The summed E-state index contributed by atoms with van der Waals surface area (Å²) in [6.07, 6.45) is 0. The zero-order valence-electron chi connectivity index (χ0n) is 13.4. The summed E-state index contributed by atoms with van der Waals surface area (Å²) in [5.74, 6) is -0.869. The Kier molecular flexibility index (Phi) is 4.92. The molecule has 126 valence electrons. The van der Waals surface area contributed by atoms with Gasteiger partial charge in [0, 0.05) is 50.6 Å². The molecule has 1 N–H and O–H groups in total. The normalized spacial score (nSPS) is 15.5. The summed E-state index contributed by atoms with van der Waals surface area (Å²) in [6.45, 7) is 5.69. The number of aromatic nitrogens is 1. The number of aromatic carboxylic acids is 1. The van der Waals surface area contributed by atoms with Crippen LogP contribution in [0.1, 0.15) is 23.0 Å². The first-order valence-corrected chi connectivity index (χ1v) is 8.67. The van der Waals surface area contributed by atoms with Crippen LogP contribution in [-0.4, -0.2) is 57.9 Å². The number of nitrogens with zero attached hydrogens (tertiary/aromatic N) is 3. The Morgan fingerprint density at radius 1 is 1.25 bits per heavy atom. The molecule has 3 rings (SSSR count). The van der Waals surface area contributed by atoms with E-state index in [1.165, 1.54) is 11.3 Å². The first kappa shape index (κ1) is 16.6. The van der Waals surface area contributed by atoms with E-state index in [1.54, 1.807) is 12.3 Å². The van der Waals surface area contributed by atoms with Crippen LogP contribution in [0.2, 0.25) is 0 Å². The fourth-order valence-electron chi connectivity index (χ4n) is 2.79. The molecule has 1 aromatic carbocycles. The second-order valence-corrected chi connectivity index (χ2v) is 6.68. The molecule has 1 aliphatic rings. The molecular weight excluding hydrogens is 326 g/mol. The highest BCUT2D eigenvalue weighted by atomic mass is 32.1. The summed E-state index contributed by atoms with van der Waals surface area (Å²) in [5, 5.41) is 11.3. The number of carboxylic acids is 1. The smallest absolute Gasteiger partial charge is 0.355 e. The Morgan fingerprint density at radius 2 is 2.00 bits per heavy atom. The Balaban J connectivity index is 1.67. The lowest BCUT2D eigenvalue weighted by Gasteiger charge is -2.34. The van der Waals surface area contributed by atoms with Crippen LogP contribution < -0.4 is 0 Å². The largest absolute Gasteiger partial charge is 0.476 e. The topological polar surface area (TPSA) is 73.7 Å². The molecule has 1 aromatic heterocycles. The molecule has 2 heterocycles. The van der Waals surface area contributed by atoms with Gasteiger partial charge < -0.3 is 10.0 Å². The Morgan fingerprint density at radius 3 is 2.62 bits per heavy atom. The molecule has 0 bridgehead atoms. The van der Waals surface area contributed by atoms with Gasteiger partial charge in [-0.1, -0.05) is 18.2 Å². The molecule has 0 aliphatic carbocycles. The maximum atomic E-state index is 11.4. The van der Waals surface area contributed by atoms with Gasteiger partial charge in [0.25, 0.3) is 0 Å². The summed E-state index contributed by atoms with van der Waals surface area (Å²) >= 11 is 1.34. The Hall–Kier alpha value is -2.25. The lowest BCUT2D eigenvalue weighted by atomic mass is 10.1. The Bertz CT molecular complexity index is 751. The summed E-state index contributed by atoms with van der Waals surface area (Å²) in [6, 6.07) is 8.04. The quantitative estimate of drug-likeness (QED) is 0.919. The lowest BCUT2D eigenvalue weighted by Crippen LogP contribution is -2.47. The molecule has 1 aliphatic heterocycles. The summed E-state index contributed by atoms with van der Waals surface area (Å²) in [5.41, 5.74) is 2.18. The van der Waals surface area contributed by atoms with E-state index in [-0.39, 0.29) is 11.6 Å². The molecule has 1 fully saturated rings. The number of piperazine rings is 1. The molecule has 2 aromatic rings. The zero-order valence-corrected chi connectivity index (χ0v) is 14.3. The van der Waals surface area contributed by atoms with Gasteiger partial charge in [0.2, 0.25) is 5.91 Å². The van der Waals surface area contributed by atoms with Gasteiger partial charge in [-0.2, -0.15) is 0 Å². The van der Waals surface area contributed by atoms with Crippen molar-refractivity contribution >= 4 is 23.2 Å². The summed E-state index contributed by atoms with van der Waals surface area (Å²) in [7, 11) is 0. The molecule has 1 amide bonds. The third kappa shape index (κ3) is 3.80. The molecule has 0 radical (unpaired) electrons. The van der Waals surface area contributed by atoms with Gasteiger partial charge in [0.15, 0.2) is 5.69 Å². The first-order valence-electron chi connectivity index (χ1n) is 7.79. The van der Waals surface area contributed by atoms with Crippen LogP contribution in [-0.2, 0) is 11.3 Å². The number of amides is 1. The van der Waals surface area contributed by atoms with Crippen molar-refractivity contribution in [3.63, 3.8) is 0 Å². The minimum Gasteiger partial charge on any atom is -0.476 e. The predicted octanol–water partition coefficient (Wildman–Crippen LogP) is 2.17. The van der Waals surface area contributed by atoms with Gasteiger partial charge in [-0.05, 0) is 11.6 Å². The average Bonchev–Trinajstić information content (AvgIpc) is 3.06. The number of hydrogen-bond donors (Lipinski definition) is 1. The maximum absolute atomic E-state index is 11.4. The van der Waals surface area contributed by atoms with Crippen molar-refractivity contribution in [3.05, 3.63) is 40.9 Å². The number of carbonyl (C=O) groups is 2. The number of thiazole rings is 1. The van der Waals surface area contributed by atoms with Gasteiger partial charge in [-0.3, -0.25) is 9.69 Å². The van der Waals surface area contributed by atoms with E-state index in [0.29, 0.717) is 0 Å². The number of hydrogen-bond acceptors (Lipinski definition) is 5. The van der Waals surface area contributed by atoms with Crippen molar-refractivity contribution in [2.75, 3.05) is 26.2 Å². The van der Waals surface area contributed by atoms with Crippen molar-refractivity contribution in [1.29, 1.82) is 0 Å². The number of rotatable bonds is 4. The standard InChI is InChI=1S/C17H19N3O3S/c1-12(21)20-7-5-19(6-8-20)10-13-3-2-4-14(9-13)16-18-15(11-24-16)17(22)23/h2-4,9,11H,5-8,10H2,1H3,(H,22,23). The number of benzene rings is 1. The first-order chi connectivity index (χ1) is 11.5. The third-order valence-electron chi connectivity index (χ3n) is 4.12. The molecule has 7 heteroatoms. The van der Waals surface area contributed by atoms with E-state index in [1.807, 2.05) is 17.0 Å². The molecule has 24 heavy (non-hydrogen) atoms. The summed E-state index contributed by atoms with van der Waals surface area (Å²) in [4.78, 5) is 30.7. The second-order valence-electron chi connectivity index (χ2n) is 5.83. The molecule has 0 saturated carbocycles. The number of carboxylic acid groups (broad SMARTS) is 1. The van der Waals surface area contributed by atoms with Crippen molar-refractivity contribution in [2.45, 2.75) is 13.5 Å². The highest BCUT2D eigenvalue weighted by molar-refractivity contribution is 7.13. The molecule has 6 nitrogen and oxygen atoms in total. The molecular formula is C17H19N3O3S. The van der Waals surface area contributed by atoms with Crippen molar-refractivity contribution < 1.29 is 14.7 Å². The molecule has 1 saturated heterocycles. The minimum absolute atomic E-state index is 0.0840. The van der Waals surface area contributed by atoms with E-state index in [0.717, 1.165) is 48.9 Å². The number of carbonyl (C=O) groups excluding carboxylic acids is 1. The highest BCUT2D eigenvalue weighted by Crippen LogP contribution is 2.25. The SMILES string of the molecule is CC(=O)N1CCN(Cc2cccc(-c3nc(C(=O)O)cs3)c2)CC1. The van der Waals surface area contributed by atoms with Crippen LogP contribution >= 0.6 is 11.3 Å². The van der Waals surface area contributed by atoms with Gasteiger partial charge in [-0.15, -0.1) is 11.3 Å². The van der Waals surface area contributed by atoms with Crippen molar-refractivity contribution in [1.82, 2.24) is 14.8 Å². The van der Waals surface area contributed by atoms with Crippen LogP contribution in [0.15, 0.2) is 29.6 Å². The average molecular weight is 345 g/mol.